The quantitative estimate of drug-likeness (QED) is 0.848. The van der Waals surface area contributed by atoms with E-state index in [1.165, 1.54) is 18.2 Å². The van der Waals surface area contributed by atoms with Gasteiger partial charge in [0.2, 0.25) is 0 Å². The first-order chi connectivity index (χ1) is 8.58. The third kappa shape index (κ3) is 2.41. The van der Waals surface area contributed by atoms with Crippen LogP contribution in [0.5, 0.6) is 0 Å². The summed E-state index contributed by atoms with van der Waals surface area (Å²) >= 11 is 0. The lowest BCUT2D eigenvalue weighted by Gasteiger charge is -2.35. The summed E-state index contributed by atoms with van der Waals surface area (Å²) < 4.78 is 27.9. The van der Waals surface area contributed by atoms with Gasteiger partial charge in [-0.05, 0) is 36.9 Å². The molecule has 0 saturated heterocycles. The van der Waals surface area contributed by atoms with Gasteiger partial charge in [-0.15, -0.1) is 0 Å². The molecule has 1 saturated carbocycles. The lowest BCUT2D eigenvalue weighted by atomic mass is 9.77. The predicted molar refractivity (Wildman–Crippen MR) is 69.4 cm³/mol. The molecule has 1 fully saturated rings. The molecule has 1 nitrogen and oxygen atoms in total. The Labute approximate surface area is 108 Å². The van der Waals surface area contributed by atoms with Gasteiger partial charge in [-0.2, -0.15) is 0 Å². The largest absolute Gasteiger partial charge is 0.310 e. The van der Waals surface area contributed by atoms with Gasteiger partial charge >= 0.3 is 0 Å². The molecule has 0 aromatic heterocycles. The monoisotopic (exact) mass is 253 g/mol. The molecule has 0 spiro atoms. The molecular weight excluding hydrogens is 232 g/mol. The maximum absolute atomic E-state index is 14.0. The van der Waals surface area contributed by atoms with Crippen molar-refractivity contribution >= 4 is 0 Å². The Bertz CT molecular complexity index is 391. The molecule has 2 rings (SSSR count). The number of halogens is 2. The van der Waals surface area contributed by atoms with Crippen molar-refractivity contribution in [2.75, 3.05) is 6.54 Å². The van der Waals surface area contributed by atoms with Crippen LogP contribution < -0.4 is 5.32 Å². The molecule has 1 aromatic rings. The number of rotatable bonds is 4. The molecule has 0 amide bonds. The van der Waals surface area contributed by atoms with Crippen molar-refractivity contribution in [2.45, 2.75) is 45.6 Å². The highest BCUT2D eigenvalue weighted by molar-refractivity contribution is 5.25. The maximum atomic E-state index is 14.0. The van der Waals surface area contributed by atoms with Gasteiger partial charge in [-0.1, -0.05) is 32.8 Å². The molecule has 0 radical (unpaired) electrons. The van der Waals surface area contributed by atoms with Gasteiger partial charge < -0.3 is 5.32 Å². The van der Waals surface area contributed by atoms with E-state index in [-0.39, 0.29) is 17.0 Å². The van der Waals surface area contributed by atoms with Crippen LogP contribution in [0.15, 0.2) is 18.2 Å². The van der Waals surface area contributed by atoms with Crippen LogP contribution >= 0.6 is 0 Å². The van der Waals surface area contributed by atoms with Gasteiger partial charge in [0.1, 0.15) is 11.6 Å². The Morgan fingerprint density at radius 3 is 2.28 bits per heavy atom. The molecule has 0 aliphatic heterocycles. The van der Waals surface area contributed by atoms with E-state index in [1.54, 1.807) is 0 Å². The number of hydrogen-bond acceptors (Lipinski definition) is 1. The minimum atomic E-state index is -0.436. The van der Waals surface area contributed by atoms with Crippen molar-refractivity contribution in [3.05, 3.63) is 35.4 Å². The number of benzene rings is 1. The highest BCUT2D eigenvalue weighted by Crippen LogP contribution is 2.48. The van der Waals surface area contributed by atoms with E-state index >= 15 is 0 Å². The zero-order chi connectivity index (χ0) is 13.2. The first kappa shape index (κ1) is 13.5. The highest BCUT2D eigenvalue weighted by atomic mass is 19.1. The molecule has 1 atom stereocenters. The summed E-state index contributed by atoms with van der Waals surface area (Å²) in [5, 5.41) is 3.28. The molecule has 0 bridgehead atoms. The lowest BCUT2D eigenvalue weighted by Crippen LogP contribution is -2.35. The van der Waals surface area contributed by atoms with Crippen LogP contribution in [0.3, 0.4) is 0 Å². The van der Waals surface area contributed by atoms with E-state index in [0.717, 1.165) is 25.7 Å². The van der Waals surface area contributed by atoms with Crippen LogP contribution in [0.4, 0.5) is 8.78 Å². The molecule has 0 heterocycles. The molecule has 1 aliphatic rings. The average Bonchev–Trinajstić information content (AvgIpc) is 2.76. The zero-order valence-electron chi connectivity index (χ0n) is 11.1. The second-order valence-electron chi connectivity index (χ2n) is 5.49. The average molecular weight is 253 g/mol. The van der Waals surface area contributed by atoms with Crippen LogP contribution in [-0.2, 0) is 0 Å². The van der Waals surface area contributed by atoms with Gasteiger partial charge in [0.05, 0.1) is 0 Å². The van der Waals surface area contributed by atoms with Gasteiger partial charge in [0.25, 0.3) is 0 Å². The lowest BCUT2D eigenvalue weighted by molar-refractivity contribution is 0.216. The minimum absolute atomic E-state index is 0.0426. The normalized spacial score (nSPS) is 20.0. The Hall–Kier alpha value is -0.960. The molecule has 18 heavy (non-hydrogen) atoms. The van der Waals surface area contributed by atoms with Crippen LogP contribution in [-0.4, -0.2) is 6.54 Å². The molecule has 100 valence electrons. The summed E-state index contributed by atoms with van der Waals surface area (Å²) in [7, 11) is 0. The number of hydrogen-bond donors (Lipinski definition) is 1. The smallest absolute Gasteiger partial charge is 0.130 e. The SMILES string of the molecule is CCNC(c1c(F)cccc1F)C1(C)CCCC1. The summed E-state index contributed by atoms with van der Waals surface area (Å²) in [6.07, 6.45) is 4.35. The molecule has 1 N–H and O–H groups in total. The molecular formula is C15H21F2N. The minimum Gasteiger partial charge on any atom is -0.310 e. The topological polar surface area (TPSA) is 12.0 Å². The summed E-state index contributed by atoms with van der Waals surface area (Å²) in [6, 6.07) is 3.89. The fraction of sp³-hybridized carbons (Fsp3) is 0.600. The van der Waals surface area contributed by atoms with Crippen LogP contribution in [0, 0.1) is 17.0 Å². The third-order valence-corrected chi connectivity index (χ3v) is 4.14. The Balaban J connectivity index is 2.41. The van der Waals surface area contributed by atoms with E-state index in [0.29, 0.717) is 6.54 Å². The van der Waals surface area contributed by atoms with Crippen LogP contribution in [0.2, 0.25) is 0 Å². The molecule has 3 heteroatoms. The zero-order valence-corrected chi connectivity index (χ0v) is 11.1. The molecule has 1 aromatic carbocycles. The van der Waals surface area contributed by atoms with Crippen molar-refractivity contribution in [1.82, 2.24) is 5.32 Å². The van der Waals surface area contributed by atoms with Gasteiger partial charge in [-0.25, -0.2) is 8.78 Å². The Morgan fingerprint density at radius 2 is 1.78 bits per heavy atom. The molecule has 1 unspecified atom stereocenters. The fourth-order valence-corrected chi connectivity index (χ4v) is 3.16. The third-order valence-electron chi connectivity index (χ3n) is 4.14. The molecule has 1 aliphatic carbocycles. The Kier molecular flexibility index (Phi) is 4.00. The van der Waals surface area contributed by atoms with Gasteiger partial charge in [0.15, 0.2) is 0 Å². The van der Waals surface area contributed by atoms with Gasteiger partial charge in [-0.3, -0.25) is 0 Å². The van der Waals surface area contributed by atoms with E-state index in [4.69, 9.17) is 0 Å². The summed E-state index contributed by atoms with van der Waals surface area (Å²) in [5.41, 5.74) is 0.169. The summed E-state index contributed by atoms with van der Waals surface area (Å²) in [6.45, 7) is 4.83. The van der Waals surface area contributed by atoms with E-state index in [1.807, 2.05) is 6.92 Å². The first-order valence-electron chi connectivity index (χ1n) is 6.76. The maximum Gasteiger partial charge on any atom is 0.130 e. The fourth-order valence-electron chi connectivity index (χ4n) is 3.16. The summed E-state index contributed by atoms with van der Waals surface area (Å²) in [5.74, 6) is -0.872. The van der Waals surface area contributed by atoms with Crippen molar-refractivity contribution in [2.24, 2.45) is 5.41 Å². The predicted octanol–water partition coefficient (Wildman–Crippen LogP) is 4.20. The highest BCUT2D eigenvalue weighted by Gasteiger charge is 2.39. The van der Waals surface area contributed by atoms with Crippen molar-refractivity contribution in [3.8, 4) is 0 Å². The van der Waals surface area contributed by atoms with E-state index in [9.17, 15) is 8.78 Å². The second-order valence-corrected chi connectivity index (χ2v) is 5.49. The standard InChI is InChI=1S/C15H21F2N/c1-3-18-14(15(2)9-4-5-10-15)13-11(16)7-6-8-12(13)17/h6-8,14,18H,3-5,9-10H2,1-2H3. The van der Waals surface area contributed by atoms with Crippen LogP contribution in [0.25, 0.3) is 0 Å². The van der Waals surface area contributed by atoms with Crippen molar-refractivity contribution in [3.63, 3.8) is 0 Å². The second kappa shape index (κ2) is 5.35. The van der Waals surface area contributed by atoms with Crippen molar-refractivity contribution in [1.29, 1.82) is 0 Å². The van der Waals surface area contributed by atoms with Crippen molar-refractivity contribution < 1.29 is 8.78 Å². The van der Waals surface area contributed by atoms with E-state index < -0.39 is 11.6 Å². The Morgan fingerprint density at radius 1 is 1.22 bits per heavy atom. The first-order valence-corrected chi connectivity index (χ1v) is 6.76. The summed E-state index contributed by atoms with van der Waals surface area (Å²) in [4.78, 5) is 0. The number of nitrogens with one attached hydrogen (secondary N) is 1. The van der Waals surface area contributed by atoms with Gasteiger partial charge in [0, 0.05) is 11.6 Å². The van der Waals surface area contributed by atoms with E-state index in [2.05, 4.69) is 12.2 Å². The van der Waals surface area contributed by atoms with Crippen LogP contribution in [0.1, 0.15) is 51.1 Å².